The lowest BCUT2D eigenvalue weighted by Gasteiger charge is -2.07. The molecule has 6 heteroatoms. The molecule has 0 atom stereocenters. The topological polar surface area (TPSA) is 59.8 Å². The summed E-state index contributed by atoms with van der Waals surface area (Å²) in [6.45, 7) is 3.26. The lowest BCUT2D eigenvalue weighted by Crippen LogP contribution is -2.20. The van der Waals surface area contributed by atoms with Gasteiger partial charge in [0, 0.05) is 29.7 Å². The van der Waals surface area contributed by atoms with E-state index in [4.69, 9.17) is 0 Å². The molecule has 20 heavy (non-hydrogen) atoms. The van der Waals surface area contributed by atoms with Gasteiger partial charge < -0.3 is 9.88 Å². The van der Waals surface area contributed by atoms with E-state index in [2.05, 4.69) is 14.9 Å². The minimum Gasteiger partial charge on any atom is -0.374 e. The van der Waals surface area contributed by atoms with Gasteiger partial charge in [0.15, 0.2) is 0 Å². The summed E-state index contributed by atoms with van der Waals surface area (Å²) in [5, 5.41) is 9.91. The summed E-state index contributed by atoms with van der Waals surface area (Å²) < 4.78 is 5.61. The van der Waals surface area contributed by atoms with Crippen molar-refractivity contribution in [3.63, 3.8) is 0 Å². The van der Waals surface area contributed by atoms with Crippen LogP contribution in [-0.2, 0) is 6.54 Å². The Hall–Kier alpha value is -2.21. The zero-order chi connectivity index (χ0) is 13.9. The molecule has 0 saturated carbocycles. The summed E-state index contributed by atoms with van der Waals surface area (Å²) >= 11 is 1.32. The van der Waals surface area contributed by atoms with Crippen molar-refractivity contribution in [2.75, 3.05) is 11.9 Å². The standard InChI is InChI=1S/C14H14N4OS/c1-2-15-13-12(16-17-20-13)9-18-8-7-10-5-3-4-6-11(10)14(18)19/h3-8,15H,2,9H2,1H3. The fraction of sp³-hybridized carbons (Fsp3) is 0.214. The number of aromatic nitrogens is 3. The number of nitrogens with one attached hydrogen (secondary N) is 1. The zero-order valence-corrected chi connectivity index (χ0v) is 11.9. The Balaban J connectivity index is 2.01. The second-order valence-corrected chi connectivity index (χ2v) is 5.17. The molecule has 0 radical (unpaired) electrons. The van der Waals surface area contributed by atoms with Crippen molar-refractivity contribution in [2.45, 2.75) is 13.5 Å². The van der Waals surface area contributed by atoms with E-state index >= 15 is 0 Å². The SMILES string of the molecule is CCNc1snnc1Cn1ccc2ccccc2c1=O. The quantitative estimate of drug-likeness (QED) is 0.799. The first-order chi connectivity index (χ1) is 9.79. The molecule has 0 amide bonds. The number of nitrogens with zero attached hydrogens (tertiary/aromatic N) is 3. The molecule has 0 aliphatic carbocycles. The van der Waals surface area contributed by atoms with Crippen LogP contribution < -0.4 is 10.9 Å². The number of benzene rings is 1. The molecule has 0 aliphatic rings. The van der Waals surface area contributed by atoms with Crippen molar-refractivity contribution in [1.82, 2.24) is 14.2 Å². The van der Waals surface area contributed by atoms with Crippen LogP contribution in [0.3, 0.4) is 0 Å². The van der Waals surface area contributed by atoms with E-state index in [-0.39, 0.29) is 5.56 Å². The van der Waals surface area contributed by atoms with E-state index < -0.39 is 0 Å². The number of fused-ring (bicyclic) bond motifs is 1. The number of hydrogen-bond donors (Lipinski definition) is 1. The monoisotopic (exact) mass is 286 g/mol. The van der Waals surface area contributed by atoms with Crippen LogP contribution in [0.5, 0.6) is 0 Å². The van der Waals surface area contributed by atoms with Gasteiger partial charge in [-0.3, -0.25) is 4.79 Å². The third-order valence-electron chi connectivity index (χ3n) is 3.10. The van der Waals surface area contributed by atoms with Crippen LogP contribution in [-0.4, -0.2) is 20.7 Å². The Labute approximate surface area is 120 Å². The second kappa shape index (κ2) is 5.42. The highest BCUT2D eigenvalue weighted by atomic mass is 32.1. The summed E-state index contributed by atoms with van der Waals surface area (Å²) in [5.74, 6) is 0. The first-order valence-electron chi connectivity index (χ1n) is 6.43. The molecule has 0 saturated heterocycles. The van der Waals surface area contributed by atoms with Crippen molar-refractivity contribution >= 4 is 27.3 Å². The Morgan fingerprint density at radius 1 is 1.30 bits per heavy atom. The average molecular weight is 286 g/mol. The van der Waals surface area contributed by atoms with Gasteiger partial charge in [-0.05, 0) is 24.4 Å². The molecule has 3 rings (SSSR count). The number of pyridine rings is 1. The van der Waals surface area contributed by atoms with Crippen molar-refractivity contribution in [2.24, 2.45) is 0 Å². The zero-order valence-electron chi connectivity index (χ0n) is 11.0. The molecule has 1 N–H and O–H groups in total. The molecule has 0 spiro atoms. The smallest absolute Gasteiger partial charge is 0.258 e. The summed E-state index contributed by atoms with van der Waals surface area (Å²) in [5.41, 5.74) is 0.799. The fourth-order valence-corrected chi connectivity index (χ4v) is 2.76. The Bertz CT molecular complexity index is 793. The molecule has 102 valence electrons. The average Bonchev–Trinajstić information content (AvgIpc) is 2.90. The van der Waals surface area contributed by atoms with Gasteiger partial charge in [0.25, 0.3) is 5.56 Å². The molecule has 0 bridgehead atoms. The van der Waals surface area contributed by atoms with Crippen LogP contribution in [0.15, 0.2) is 41.3 Å². The number of anilines is 1. The molecule has 2 heterocycles. The highest BCUT2D eigenvalue weighted by molar-refractivity contribution is 7.10. The fourth-order valence-electron chi connectivity index (χ4n) is 2.12. The van der Waals surface area contributed by atoms with Crippen molar-refractivity contribution < 1.29 is 0 Å². The van der Waals surface area contributed by atoms with Crippen molar-refractivity contribution in [3.8, 4) is 0 Å². The van der Waals surface area contributed by atoms with E-state index in [1.807, 2.05) is 37.3 Å². The summed E-state index contributed by atoms with van der Waals surface area (Å²) in [6.07, 6.45) is 1.81. The van der Waals surface area contributed by atoms with E-state index in [1.54, 1.807) is 10.8 Å². The highest BCUT2D eigenvalue weighted by Crippen LogP contribution is 2.18. The van der Waals surface area contributed by atoms with Gasteiger partial charge in [-0.1, -0.05) is 22.7 Å². The van der Waals surface area contributed by atoms with Crippen molar-refractivity contribution in [3.05, 3.63) is 52.6 Å². The molecular weight excluding hydrogens is 272 g/mol. The Morgan fingerprint density at radius 3 is 3.00 bits per heavy atom. The molecule has 0 aliphatic heterocycles. The van der Waals surface area contributed by atoms with E-state index in [1.165, 1.54) is 11.5 Å². The third kappa shape index (κ3) is 2.30. The largest absolute Gasteiger partial charge is 0.374 e. The lowest BCUT2D eigenvalue weighted by molar-refractivity contribution is 0.743. The molecule has 3 aromatic rings. The molecule has 1 aromatic carbocycles. The third-order valence-corrected chi connectivity index (χ3v) is 3.83. The van der Waals surface area contributed by atoms with Crippen LogP contribution >= 0.6 is 11.5 Å². The summed E-state index contributed by atoms with van der Waals surface area (Å²) in [7, 11) is 0. The van der Waals surface area contributed by atoms with Gasteiger partial charge in [-0.2, -0.15) is 0 Å². The lowest BCUT2D eigenvalue weighted by atomic mass is 10.2. The maximum absolute atomic E-state index is 12.4. The van der Waals surface area contributed by atoms with E-state index in [9.17, 15) is 4.79 Å². The van der Waals surface area contributed by atoms with Crippen LogP contribution in [0.25, 0.3) is 10.8 Å². The molecule has 2 aromatic heterocycles. The van der Waals surface area contributed by atoms with E-state index in [0.717, 1.165) is 28.0 Å². The minimum absolute atomic E-state index is 0.00134. The Morgan fingerprint density at radius 2 is 2.15 bits per heavy atom. The molecular formula is C14H14N4OS. The van der Waals surface area contributed by atoms with Crippen molar-refractivity contribution in [1.29, 1.82) is 0 Å². The van der Waals surface area contributed by atoms with Crippen LogP contribution in [0, 0.1) is 0 Å². The Kier molecular flexibility index (Phi) is 3.47. The minimum atomic E-state index is -0.00134. The number of hydrogen-bond acceptors (Lipinski definition) is 5. The predicted molar refractivity (Wildman–Crippen MR) is 81.4 cm³/mol. The summed E-state index contributed by atoms with van der Waals surface area (Å²) in [4.78, 5) is 12.4. The van der Waals surface area contributed by atoms with Gasteiger partial charge in [0.2, 0.25) is 0 Å². The van der Waals surface area contributed by atoms with Gasteiger partial charge in [0.05, 0.1) is 6.54 Å². The van der Waals surface area contributed by atoms with Gasteiger partial charge in [0.1, 0.15) is 10.7 Å². The van der Waals surface area contributed by atoms with Crippen LogP contribution in [0.4, 0.5) is 5.00 Å². The maximum atomic E-state index is 12.4. The summed E-state index contributed by atoms with van der Waals surface area (Å²) in [6, 6.07) is 9.54. The molecule has 0 unspecified atom stereocenters. The maximum Gasteiger partial charge on any atom is 0.258 e. The van der Waals surface area contributed by atoms with Crippen LogP contribution in [0.2, 0.25) is 0 Å². The second-order valence-electron chi connectivity index (χ2n) is 4.42. The molecule has 0 fully saturated rings. The first kappa shape index (κ1) is 12.8. The van der Waals surface area contributed by atoms with Gasteiger partial charge in [-0.25, -0.2) is 0 Å². The van der Waals surface area contributed by atoms with E-state index in [0.29, 0.717) is 6.54 Å². The van der Waals surface area contributed by atoms with Gasteiger partial charge >= 0.3 is 0 Å². The first-order valence-corrected chi connectivity index (χ1v) is 7.20. The highest BCUT2D eigenvalue weighted by Gasteiger charge is 2.09. The van der Waals surface area contributed by atoms with Crippen LogP contribution in [0.1, 0.15) is 12.6 Å². The normalized spacial score (nSPS) is 10.8. The predicted octanol–water partition coefficient (Wildman–Crippen LogP) is 2.33. The molecule has 5 nitrogen and oxygen atoms in total. The number of rotatable bonds is 4. The van der Waals surface area contributed by atoms with Gasteiger partial charge in [-0.15, -0.1) is 5.10 Å².